The van der Waals surface area contributed by atoms with Gasteiger partial charge in [0.15, 0.2) is 11.5 Å². The molecule has 8 heteroatoms. The van der Waals surface area contributed by atoms with Crippen LogP contribution >= 0.6 is 0 Å². The first-order valence-corrected chi connectivity index (χ1v) is 10.6. The maximum absolute atomic E-state index is 13.3. The molecule has 0 N–H and O–H groups in total. The second-order valence-electron chi connectivity index (χ2n) is 7.60. The molecule has 0 bridgehead atoms. The number of hydrogen-bond acceptors (Lipinski definition) is 6. The molecule has 2 aromatic carbocycles. The van der Waals surface area contributed by atoms with Gasteiger partial charge in [-0.05, 0) is 48.4 Å². The summed E-state index contributed by atoms with van der Waals surface area (Å²) in [5.74, 6) is 1.60. The highest BCUT2D eigenvalue weighted by molar-refractivity contribution is 5.93. The molecule has 1 heterocycles. The van der Waals surface area contributed by atoms with Crippen LogP contribution in [-0.4, -0.2) is 46.4 Å². The molecule has 31 heavy (non-hydrogen) atoms. The monoisotopic (exact) mass is 421 g/mol. The molecule has 0 aliphatic heterocycles. The summed E-state index contributed by atoms with van der Waals surface area (Å²) in [5.41, 5.74) is 1.66. The number of tetrazole rings is 1. The van der Waals surface area contributed by atoms with Crippen LogP contribution in [0.3, 0.4) is 0 Å². The van der Waals surface area contributed by atoms with Gasteiger partial charge in [-0.15, -0.1) is 10.2 Å². The number of amides is 1. The van der Waals surface area contributed by atoms with Gasteiger partial charge in [-0.25, -0.2) is 0 Å². The van der Waals surface area contributed by atoms with Gasteiger partial charge in [0.05, 0.1) is 14.2 Å². The van der Waals surface area contributed by atoms with Crippen LogP contribution in [0.4, 0.5) is 5.69 Å². The first kappa shape index (κ1) is 20.8. The van der Waals surface area contributed by atoms with Gasteiger partial charge in [0.25, 0.3) is 5.91 Å². The summed E-state index contributed by atoms with van der Waals surface area (Å²) in [6.45, 7) is 0.0334. The topological polar surface area (TPSA) is 82.4 Å². The second kappa shape index (κ2) is 9.59. The zero-order valence-electron chi connectivity index (χ0n) is 17.9. The normalized spacial score (nSPS) is 14.3. The van der Waals surface area contributed by atoms with Gasteiger partial charge in [-0.2, -0.15) is 4.80 Å². The molecule has 1 aromatic heterocycles. The van der Waals surface area contributed by atoms with E-state index in [4.69, 9.17) is 9.47 Å². The molecule has 1 fully saturated rings. The van der Waals surface area contributed by atoms with Crippen LogP contribution < -0.4 is 14.4 Å². The molecule has 1 aliphatic carbocycles. The van der Waals surface area contributed by atoms with Crippen molar-refractivity contribution < 1.29 is 14.3 Å². The van der Waals surface area contributed by atoms with E-state index in [2.05, 4.69) is 15.4 Å². The van der Waals surface area contributed by atoms with E-state index in [1.54, 1.807) is 26.4 Å². The molecule has 8 nitrogen and oxygen atoms in total. The fraction of sp³-hybridized carbons (Fsp3) is 0.391. The van der Waals surface area contributed by atoms with E-state index in [9.17, 15) is 4.79 Å². The number of benzene rings is 2. The molecular formula is C23H27N5O3. The molecule has 1 saturated carbocycles. The highest BCUT2D eigenvalue weighted by atomic mass is 16.5. The number of methoxy groups -OCH3 is 2. The van der Waals surface area contributed by atoms with Crippen molar-refractivity contribution in [3.8, 4) is 22.9 Å². The first-order chi connectivity index (χ1) is 15.2. The van der Waals surface area contributed by atoms with Gasteiger partial charge >= 0.3 is 0 Å². The third kappa shape index (κ3) is 4.68. The summed E-state index contributed by atoms with van der Waals surface area (Å²) in [7, 11) is 3.16. The van der Waals surface area contributed by atoms with E-state index >= 15 is 0 Å². The lowest BCUT2D eigenvalue weighted by Gasteiger charge is -2.34. The van der Waals surface area contributed by atoms with Crippen molar-refractivity contribution in [2.45, 2.75) is 44.7 Å². The van der Waals surface area contributed by atoms with Gasteiger partial charge in [0, 0.05) is 17.3 Å². The van der Waals surface area contributed by atoms with Crippen molar-refractivity contribution in [3.63, 3.8) is 0 Å². The Hall–Kier alpha value is -3.42. The zero-order valence-corrected chi connectivity index (χ0v) is 17.9. The molecule has 1 amide bonds. The Morgan fingerprint density at radius 3 is 2.48 bits per heavy atom. The van der Waals surface area contributed by atoms with E-state index in [1.165, 1.54) is 11.2 Å². The lowest BCUT2D eigenvalue weighted by molar-refractivity contribution is -0.120. The van der Waals surface area contributed by atoms with Crippen LogP contribution in [0.15, 0.2) is 48.5 Å². The summed E-state index contributed by atoms with van der Waals surface area (Å²) < 4.78 is 10.6. The molecule has 4 rings (SSSR count). The summed E-state index contributed by atoms with van der Waals surface area (Å²) in [6, 6.07) is 15.5. The third-order valence-corrected chi connectivity index (χ3v) is 5.61. The van der Waals surface area contributed by atoms with Crippen LogP contribution in [0, 0.1) is 0 Å². The number of aromatic nitrogens is 4. The van der Waals surface area contributed by atoms with Crippen LogP contribution in [0.5, 0.6) is 11.5 Å². The molecule has 0 unspecified atom stereocenters. The average molecular weight is 422 g/mol. The lowest BCUT2D eigenvalue weighted by Crippen LogP contribution is -2.43. The summed E-state index contributed by atoms with van der Waals surface area (Å²) in [4.78, 5) is 16.6. The summed E-state index contributed by atoms with van der Waals surface area (Å²) >= 11 is 0. The molecule has 0 saturated heterocycles. The first-order valence-electron chi connectivity index (χ1n) is 10.6. The van der Waals surface area contributed by atoms with Crippen molar-refractivity contribution in [1.82, 2.24) is 20.2 Å². The molecule has 0 spiro atoms. The van der Waals surface area contributed by atoms with Crippen molar-refractivity contribution >= 4 is 11.6 Å². The largest absolute Gasteiger partial charge is 0.493 e. The van der Waals surface area contributed by atoms with Crippen LogP contribution in [0.2, 0.25) is 0 Å². The van der Waals surface area contributed by atoms with Crippen molar-refractivity contribution in [2.75, 3.05) is 19.1 Å². The number of anilines is 1. The maximum atomic E-state index is 13.3. The Morgan fingerprint density at radius 2 is 1.77 bits per heavy atom. The average Bonchev–Trinajstić information content (AvgIpc) is 3.28. The number of nitrogens with zero attached hydrogens (tertiary/aromatic N) is 5. The Balaban J connectivity index is 1.54. The van der Waals surface area contributed by atoms with Gasteiger partial charge in [0.2, 0.25) is 5.82 Å². The summed E-state index contributed by atoms with van der Waals surface area (Å²) in [5, 5.41) is 12.7. The van der Waals surface area contributed by atoms with E-state index < -0.39 is 0 Å². The summed E-state index contributed by atoms with van der Waals surface area (Å²) in [6.07, 6.45) is 5.55. The van der Waals surface area contributed by atoms with Gasteiger partial charge in [-0.3, -0.25) is 4.79 Å². The van der Waals surface area contributed by atoms with Crippen molar-refractivity contribution in [1.29, 1.82) is 0 Å². The molecule has 0 radical (unpaired) electrons. The minimum atomic E-state index is -0.0330. The van der Waals surface area contributed by atoms with E-state index in [0.717, 1.165) is 36.9 Å². The number of para-hydroxylation sites is 1. The quantitative estimate of drug-likeness (QED) is 0.578. The second-order valence-corrected chi connectivity index (χ2v) is 7.60. The van der Waals surface area contributed by atoms with E-state index in [1.807, 2.05) is 41.3 Å². The van der Waals surface area contributed by atoms with E-state index in [0.29, 0.717) is 17.3 Å². The van der Waals surface area contributed by atoms with Crippen molar-refractivity contribution in [2.24, 2.45) is 0 Å². The van der Waals surface area contributed by atoms with Crippen LogP contribution in [-0.2, 0) is 11.3 Å². The third-order valence-electron chi connectivity index (χ3n) is 5.61. The Kier molecular flexibility index (Phi) is 6.45. The zero-order chi connectivity index (χ0) is 21.6. The van der Waals surface area contributed by atoms with Crippen LogP contribution in [0.25, 0.3) is 11.4 Å². The fourth-order valence-corrected chi connectivity index (χ4v) is 4.08. The number of carbonyl (C=O) groups is 1. The lowest BCUT2D eigenvalue weighted by atomic mass is 9.93. The Bertz CT molecular complexity index is 1020. The smallest absolute Gasteiger partial charge is 0.250 e. The number of hydrogen-bond donors (Lipinski definition) is 0. The highest BCUT2D eigenvalue weighted by Crippen LogP contribution is 2.31. The minimum Gasteiger partial charge on any atom is -0.493 e. The standard InChI is InChI=1S/C23H27N5O3/c1-30-20-14-13-17(15-21(20)31-2)23-24-26-27(25-23)16-22(29)28(18-9-5-3-6-10-18)19-11-7-4-8-12-19/h3,5-6,9-10,13-15,19H,4,7-8,11-12,16H2,1-2H3. The molecule has 0 atom stereocenters. The van der Waals surface area contributed by atoms with E-state index in [-0.39, 0.29) is 18.5 Å². The highest BCUT2D eigenvalue weighted by Gasteiger charge is 2.27. The number of ether oxygens (including phenoxy) is 2. The van der Waals surface area contributed by atoms with Gasteiger partial charge < -0.3 is 14.4 Å². The molecule has 1 aliphatic rings. The Morgan fingerprint density at radius 1 is 1.03 bits per heavy atom. The SMILES string of the molecule is COc1ccc(-c2nnn(CC(=O)N(c3ccccc3)C3CCCCC3)n2)cc1OC. The predicted octanol–water partition coefficient (Wildman–Crippen LogP) is 3.72. The molecule has 3 aromatic rings. The predicted molar refractivity (Wildman–Crippen MR) is 117 cm³/mol. The fourth-order valence-electron chi connectivity index (χ4n) is 4.08. The minimum absolute atomic E-state index is 0.0330. The maximum Gasteiger partial charge on any atom is 0.250 e. The molecular weight excluding hydrogens is 394 g/mol. The van der Waals surface area contributed by atoms with Crippen molar-refractivity contribution in [3.05, 3.63) is 48.5 Å². The Labute approximate surface area is 181 Å². The van der Waals surface area contributed by atoms with Gasteiger partial charge in [-0.1, -0.05) is 37.5 Å². The van der Waals surface area contributed by atoms with Crippen LogP contribution in [0.1, 0.15) is 32.1 Å². The van der Waals surface area contributed by atoms with Gasteiger partial charge in [0.1, 0.15) is 6.54 Å². The number of carbonyl (C=O) groups excluding carboxylic acids is 1. The number of rotatable bonds is 7. The molecule has 162 valence electrons.